The molecule has 0 atom stereocenters. The number of hydrogen-bond acceptors (Lipinski definition) is 3. The fourth-order valence-electron chi connectivity index (χ4n) is 2.85. The average Bonchev–Trinajstić information content (AvgIpc) is 2.76. The predicted molar refractivity (Wildman–Crippen MR) is 79.2 cm³/mol. The summed E-state index contributed by atoms with van der Waals surface area (Å²) in [4.78, 5) is 23.6. The number of hydrogen-bond donors (Lipinski definition) is 2. The molecule has 2 rings (SSSR count). The van der Waals surface area contributed by atoms with Crippen molar-refractivity contribution in [2.24, 2.45) is 5.92 Å². The standard InChI is InChI=1S/C15H24N4O2/c1-11-8-12(2)19(18-11)10-15(21)17-16-14(20)9-13-6-4-3-5-7-13/h8,13H,3-7,9-10H2,1-2H3,(H,16,20)(H,17,21). The minimum Gasteiger partial charge on any atom is -0.273 e. The second-order valence-corrected chi connectivity index (χ2v) is 5.89. The molecule has 1 saturated carbocycles. The number of hydrazine groups is 1. The summed E-state index contributed by atoms with van der Waals surface area (Å²) in [6.45, 7) is 3.89. The van der Waals surface area contributed by atoms with Gasteiger partial charge in [0, 0.05) is 12.1 Å². The molecule has 0 radical (unpaired) electrons. The lowest BCUT2D eigenvalue weighted by molar-refractivity contribution is -0.130. The van der Waals surface area contributed by atoms with Gasteiger partial charge in [-0.05, 0) is 38.7 Å². The number of carbonyl (C=O) groups is 2. The number of aromatic nitrogens is 2. The highest BCUT2D eigenvalue weighted by molar-refractivity contribution is 5.81. The van der Waals surface area contributed by atoms with Gasteiger partial charge >= 0.3 is 0 Å². The maximum Gasteiger partial charge on any atom is 0.260 e. The highest BCUT2D eigenvalue weighted by Gasteiger charge is 2.17. The molecular weight excluding hydrogens is 268 g/mol. The Morgan fingerprint density at radius 2 is 1.86 bits per heavy atom. The van der Waals surface area contributed by atoms with Crippen LogP contribution in [0, 0.1) is 19.8 Å². The molecule has 2 amide bonds. The van der Waals surface area contributed by atoms with Crippen LogP contribution in [0.2, 0.25) is 0 Å². The fraction of sp³-hybridized carbons (Fsp3) is 0.667. The van der Waals surface area contributed by atoms with E-state index < -0.39 is 0 Å². The van der Waals surface area contributed by atoms with Crippen molar-refractivity contribution in [3.8, 4) is 0 Å². The van der Waals surface area contributed by atoms with Gasteiger partial charge in [-0.15, -0.1) is 0 Å². The molecule has 0 bridgehead atoms. The van der Waals surface area contributed by atoms with E-state index in [1.807, 2.05) is 19.9 Å². The molecule has 0 unspecified atom stereocenters. The third kappa shape index (κ3) is 4.88. The smallest absolute Gasteiger partial charge is 0.260 e. The number of nitrogens with one attached hydrogen (secondary N) is 2. The second kappa shape index (κ2) is 7.24. The van der Waals surface area contributed by atoms with Crippen molar-refractivity contribution in [1.29, 1.82) is 0 Å². The molecule has 0 spiro atoms. The van der Waals surface area contributed by atoms with E-state index in [9.17, 15) is 9.59 Å². The zero-order valence-electron chi connectivity index (χ0n) is 12.8. The Morgan fingerprint density at radius 3 is 2.48 bits per heavy atom. The van der Waals surface area contributed by atoms with Gasteiger partial charge in [-0.3, -0.25) is 25.1 Å². The Kier molecular flexibility index (Phi) is 5.36. The lowest BCUT2D eigenvalue weighted by Crippen LogP contribution is -2.44. The maximum absolute atomic E-state index is 11.8. The van der Waals surface area contributed by atoms with Crippen molar-refractivity contribution in [1.82, 2.24) is 20.6 Å². The molecule has 1 aromatic rings. The molecule has 1 aromatic heterocycles. The van der Waals surface area contributed by atoms with Gasteiger partial charge in [0.25, 0.3) is 5.91 Å². The highest BCUT2D eigenvalue weighted by atomic mass is 16.2. The molecule has 1 fully saturated rings. The molecule has 116 valence electrons. The van der Waals surface area contributed by atoms with Gasteiger partial charge in [0.2, 0.25) is 5.91 Å². The van der Waals surface area contributed by atoms with Crippen LogP contribution in [0.4, 0.5) is 0 Å². The molecule has 1 aliphatic rings. The second-order valence-electron chi connectivity index (χ2n) is 5.89. The molecule has 0 aromatic carbocycles. The van der Waals surface area contributed by atoms with Crippen molar-refractivity contribution in [3.63, 3.8) is 0 Å². The van der Waals surface area contributed by atoms with E-state index in [0.717, 1.165) is 24.2 Å². The zero-order valence-corrected chi connectivity index (χ0v) is 12.8. The summed E-state index contributed by atoms with van der Waals surface area (Å²) in [6, 6.07) is 1.91. The van der Waals surface area contributed by atoms with Crippen LogP contribution in [0.25, 0.3) is 0 Å². The Balaban J connectivity index is 1.70. The summed E-state index contributed by atoms with van der Waals surface area (Å²) in [5, 5.41) is 4.21. The molecule has 0 aliphatic heterocycles. The largest absolute Gasteiger partial charge is 0.273 e. The molecule has 1 heterocycles. The van der Waals surface area contributed by atoms with Crippen LogP contribution in [0.1, 0.15) is 49.9 Å². The number of aryl methyl sites for hydroxylation is 2. The first-order valence-corrected chi connectivity index (χ1v) is 7.63. The lowest BCUT2D eigenvalue weighted by atomic mass is 9.87. The number of rotatable bonds is 4. The summed E-state index contributed by atoms with van der Waals surface area (Å²) in [5.74, 6) is 0.0912. The molecule has 21 heavy (non-hydrogen) atoms. The summed E-state index contributed by atoms with van der Waals surface area (Å²) in [7, 11) is 0. The number of amides is 2. The van der Waals surface area contributed by atoms with Crippen LogP contribution in [0.5, 0.6) is 0 Å². The van der Waals surface area contributed by atoms with Gasteiger partial charge in [0.05, 0.1) is 5.69 Å². The summed E-state index contributed by atoms with van der Waals surface area (Å²) < 4.78 is 1.62. The first-order chi connectivity index (χ1) is 10.0. The van der Waals surface area contributed by atoms with Crippen LogP contribution in [0.3, 0.4) is 0 Å². The quantitative estimate of drug-likeness (QED) is 0.828. The Hall–Kier alpha value is -1.85. The van der Waals surface area contributed by atoms with Gasteiger partial charge in [-0.25, -0.2) is 0 Å². The SMILES string of the molecule is Cc1cc(C)n(CC(=O)NNC(=O)CC2CCCCC2)n1. The van der Waals surface area contributed by atoms with Crippen LogP contribution in [-0.4, -0.2) is 21.6 Å². The van der Waals surface area contributed by atoms with Crippen molar-refractivity contribution < 1.29 is 9.59 Å². The third-order valence-electron chi connectivity index (χ3n) is 3.94. The van der Waals surface area contributed by atoms with Gasteiger partial charge < -0.3 is 0 Å². The Bertz CT molecular complexity index is 504. The topological polar surface area (TPSA) is 76.0 Å². The van der Waals surface area contributed by atoms with Crippen molar-refractivity contribution >= 4 is 11.8 Å². The minimum absolute atomic E-state index is 0.108. The molecule has 0 saturated heterocycles. The summed E-state index contributed by atoms with van der Waals surface area (Å²) in [5.41, 5.74) is 6.76. The van der Waals surface area contributed by atoms with Gasteiger partial charge in [0.15, 0.2) is 0 Å². The number of carbonyl (C=O) groups excluding carboxylic acids is 2. The Morgan fingerprint density at radius 1 is 1.19 bits per heavy atom. The zero-order chi connectivity index (χ0) is 15.2. The van der Waals surface area contributed by atoms with Crippen LogP contribution in [0.15, 0.2) is 6.07 Å². The predicted octanol–water partition coefficient (Wildman–Crippen LogP) is 1.62. The summed E-state index contributed by atoms with van der Waals surface area (Å²) in [6.07, 6.45) is 6.43. The molecule has 2 N–H and O–H groups in total. The molecule has 6 heteroatoms. The lowest BCUT2D eigenvalue weighted by Gasteiger charge is -2.20. The van der Waals surface area contributed by atoms with Gasteiger partial charge in [-0.2, -0.15) is 5.10 Å². The van der Waals surface area contributed by atoms with Crippen LogP contribution >= 0.6 is 0 Å². The highest BCUT2D eigenvalue weighted by Crippen LogP contribution is 2.25. The van der Waals surface area contributed by atoms with E-state index in [2.05, 4.69) is 16.0 Å². The van der Waals surface area contributed by atoms with Crippen LogP contribution < -0.4 is 10.9 Å². The first kappa shape index (κ1) is 15.5. The maximum atomic E-state index is 11.8. The van der Waals surface area contributed by atoms with Crippen molar-refractivity contribution in [2.75, 3.05) is 0 Å². The van der Waals surface area contributed by atoms with E-state index in [4.69, 9.17) is 0 Å². The van der Waals surface area contributed by atoms with Gasteiger partial charge in [0.1, 0.15) is 6.54 Å². The number of nitrogens with zero attached hydrogens (tertiary/aromatic N) is 2. The van der Waals surface area contributed by atoms with Crippen molar-refractivity contribution in [3.05, 3.63) is 17.5 Å². The van der Waals surface area contributed by atoms with E-state index in [1.54, 1.807) is 4.68 Å². The van der Waals surface area contributed by atoms with E-state index >= 15 is 0 Å². The fourth-order valence-corrected chi connectivity index (χ4v) is 2.85. The molecular formula is C15H24N4O2. The average molecular weight is 292 g/mol. The van der Waals surface area contributed by atoms with Crippen molar-refractivity contribution in [2.45, 2.75) is 58.9 Å². The minimum atomic E-state index is -0.266. The molecule has 6 nitrogen and oxygen atoms in total. The first-order valence-electron chi connectivity index (χ1n) is 7.63. The van der Waals surface area contributed by atoms with E-state index in [1.165, 1.54) is 19.3 Å². The van der Waals surface area contributed by atoms with E-state index in [0.29, 0.717) is 12.3 Å². The molecule has 1 aliphatic carbocycles. The van der Waals surface area contributed by atoms with Gasteiger partial charge in [-0.1, -0.05) is 19.3 Å². The van der Waals surface area contributed by atoms with Crippen LogP contribution in [-0.2, 0) is 16.1 Å². The van der Waals surface area contributed by atoms with E-state index in [-0.39, 0.29) is 18.4 Å². The summed E-state index contributed by atoms with van der Waals surface area (Å²) >= 11 is 0. The monoisotopic (exact) mass is 292 g/mol. The Labute approximate surface area is 125 Å². The normalized spacial score (nSPS) is 15.7. The third-order valence-corrected chi connectivity index (χ3v) is 3.94.